The summed E-state index contributed by atoms with van der Waals surface area (Å²) in [5.74, 6) is -1.30. The molecule has 5 nitrogen and oxygen atoms in total. The number of esters is 1. The van der Waals surface area contributed by atoms with Gasteiger partial charge in [-0.1, -0.05) is 11.6 Å². The third-order valence-electron chi connectivity index (χ3n) is 4.28. The van der Waals surface area contributed by atoms with Crippen molar-refractivity contribution in [2.45, 2.75) is 38.8 Å². The summed E-state index contributed by atoms with van der Waals surface area (Å²) >= 11 is 5.92. The number of rotatable bonds is 3. The second-order valence-corrected chi connectivity index (χ2v) is 6.19. The van der Waals surface area contributed by atoms with Gasteiger partial charge < -0.3 is 9.47 Å². The first-order chi connectivity index (χ1) is 11.4. The van der Waals surface area contributed by atoms with Gasteiger partial charge >= 0.3 is 5.97 Å². The number of hydrogen-bond acceptors (Lipinski definition) is 4. The van der Waals surface area contributed by atoms with Gasteiger partial charge in [-0.2, -0.15) is 0 Å². The fourth-order valence-corrected chi connectivity index (χ4v) is 3.46. The number of carbonyl (C=O) groups excluding carboxylic acids is 2. The second kappa shape index (κ2) is 6.43. The lowest BCUT2D eigenvalue weighted by Gasteiger charge is -2.27. The summed E-state index contributed by atoms with van der Waals surface area (Å²) < 4.78 is 24.9. The minimum Gasteiger partial charge on any atom is -0.495 e. The predicted octanol–water partition coefficient (Wildman–Crippen LogP) is 3.59. The number of benzene rings is 1. The number of ether oxygens (including phenoxy) is 2. The van der Waals surface area contributed by atoms with Gasteiger partial charge in [0.15, 0.2) is 0 Å². The van der Waals surface area contributed by atoms with E-state index in [4.69, 9.17) is 21.1 Å². The van der Waals surface area contributed by atoms with Crippen LogP contribution in [0.1, 0.15) is 32.6 Å². The molecule has 0 saturated carbocycles. The Morgan fingerprint density at radius 2 is 2.04 bits per heavy atom. The van der Waals surface area contributed by atoms with Crippen LogP contribution in [-0.4, -0.2) is 25.2 Å². The number of hydrogen-bond donors (Lipinski definition) is 0. The Hall–Kier alpha value is -2.08. The number of anilines is 1. The molecule has 1 aromatic carbocycles. The van der Waals surface area contributed by atoms with E-state index in [-0.39, 0.29) is 22.4 Å². The van der Waals surface area contributed by atoms with Crippen LogP contribution in [0, 0.1) is 5.82 Å². The van der Waals surface area contributed by atoms with E-state index in [2.05, 4.69) is 0 Å². The number of halogens is 2. The lowest BCUT2D eigenvalue weighted by molar-refractivity contribution is -0.144. The topological polar surface area (TPSA) is 55.8 Å². The fraction of sp³-hybridized carbons (Fsp3) is 0.412. The summed E-state index contributed by atoms with van der Waals surface area (Å²) in [5, 5.41) is 0.104. The summed E-state index contributed by atoms with van der Waals surface area (Å²) in [7, 11) is 1.40. The molecule has 0 spiro atoms. The molecule has 7 heteroatoms. The molecule has 1 aliphatic heterocycles. The molecule has 1 amide bonds. The third-order valence-corrected chi connectivity index (χ3v) is 4.57. The highest BCUT2D eigenvalue weighted by atomic mass is 35.5. The number of nitrogens with zero attached hydrogens (tertiary/aromatic N) is 1. The van der Waals surface area contributed by atoms with Crippen LogP contribution in [0.25, 0.3) is 0 Å². The van der Waals surface area contributed by atoms with Gasteiger partial charge in [0, 0.05) is 24.1 Å². The van der Waals surface area contributed by atoms with E-state index < -0.39 is 18.0 Å². The zero-order chi connectivity index (χ0) is 17.4. The van der Waals surface area contributed by atoms with Gasteiger partial charge in [0.2, 0.25) is 6.23 Å². The molecule has 0 radical (unpaired) electrons. The molecule has 1 atom stereocenters. The largest absolute Gasteiger partial charge is 0.495 e. The molecule has 3 rings (SSSR count). The van der Waals surface area contributed by atoms with Gasteiger partial charge in [-0.05, 0) is 31.7 Å². The van der Waals surface area contributed by atoms with Crippen LogP contribution in [0.3, 0.4) is 0 Å². The van der Waals surface area contributed by atoms with E-state index in [0.29, 0.717) is 18.4 Å². The lowest BCUT2D eigenvalue weighted by atomic mass is 9.93. The summed E-state index contributed by atoms with van der Waals surface area (Å²) in [6.45, 7) is 1.27. The maximum atomic E-state index is 14.5. The first kappa shape index (κ1) is 16.8. The van der Waals surface area contributed by atoms with Crippen LogP contribution >= 0.6 is 11.6 Å². The first-order valence-corrected chi connectivity index (χ1v) is 8.07. The van der Waals surface area contributed by atoms with Gasteiger partial charge in [-0.3, -0.25) is 14.5 Å². The standard InChI is InChI=1S/C17H17ClFNO4/c1-9(21)24-17-11-6-4-3-5-10(11)16(22)20(17)14-8-15(23-2)12(18)7-13(14)19/h7-8,17H,3-6H2,1-2H3. The van der Waals surface area contributed by atoms with E-state index >= 15 is 0 Å². The molecule has 2 aliphatic rings. The highest BCUT2D eigenvalue weighted by Crippen LogP contribution is 2.42. The minimum absolute atomic E-state index is 0.0121. The summed E-state index contributed by atoms with van der Waals surface area (Å²) in [6.07, 6.45) is 2.14. The molecule has 0 N–H and O–H groups in total. The Labute approximate surface area is 144 Å². The van der Waals surface area contributed by atoms with E-state index in [1.165, 1.54) is 25.0 Å². The minimum atomic E-state index is -0.911. The van der Waals surface area contributed by atoms with Crippen molar-refractivity contribution < 1.29 is 23.5 Å². The van der Waals surface area contributed by atoms with Crippen LogP contribution in [0.4, 0.5) is 10.1 Å². The smallest absolute Gasteiger partial charge is 0.304 e. The average Bonchev–Trinajstić information content (AvgIpc) is 2.80. The van der Waals surface area contributed by atoms with Gasteiger partial charge in [0.25, 0.3) is 5.91 Å². The number of methoxy groups -OCH3 is 1. The highest BCUT2D eigenvalue weighted by molar-refractivity contribution is 6.32. The van der Waals surface area contributed by atoms with Crippen molar-refractivity contribution in [1.29, 1.82) is 0 Å². The van der Waals surface area contributed by atoms with Crippen LogP contribution in [-0.2, 0) is 14.3 Å². The van der Waals surface area contributed by atoms with Crippen molar-refractivity contribution in [3.05, 3.63) is 34.1 Å². The van der Waals surface area contributed by atoms with E-state index in [0.717, 1.165) is 24.5 Å². The quantitative estimate of drug-likeness (QED) is 0.779. The zero-order valence-corrected chi connectivity index (χ0v) is 14.2. The van der Waals surface area contributed by atoms with Gasteiger partial charge in [-0.15, -0.1) is 0 Å². The van der Waals surface area contributed by atoms with Crippen LogP contribution < -0.4 is 9.64 Å². The Kier molecular flexibility index (Phi) is 4.49. The van der Waals surface area contributed by atoms with Crippen molar-refractivity contribution in [3.8, 4) is 5.75 Å². The monoisotopic (exact) mass is 353 g/mol. The van der Waals surface area contributed by atoms with Crippen LogP contribution in [0.2, 0.25) is 5.02 Å². The molecule has 24 heavy (non-hydrogen) atoms. The van der Waals surface area contributed by atoms with Crippen molar-refractivity contribution >= 4 is 29.2 Å². The molecule has 0 bridgehead atoms. The van der Waals surface area contributed by atoms with Crippen LogP contribution in [0.5, 0.6) is 5.75 Å². The maximum Gasteiger partial charge on any atom is 0.304 e. The highest BCUT2D eigenvalue weighted by Gasteiger charge is 2.43. The summed E-state index contributed by atoms with van der Waals surface area (Å²) in [4.78, 5) is 25.5. The molecule has 0 fully saturated rings. The normalized spacial score (nSPS) is 20.2. The van der Waals surface area contributed by atoms with Crippen LogP contribution in [0.15, 0.2) is 23.3 Å². The third kappa shape index (κ3) is 2.75. The predicted molar refractivity (Wildman–Crippen MR) is 86.5 cm³/mol. The van der Waals surface area contributed by atoms with Crippen molar-refractivity contribution in [2.24, 2.45) is 0 Å². The number of amides is 1. The molecular weight excluding hydrogens is 337 g/mol. The molecule has 1 unspecified atom stereocenters. The average molecular weight is 354 g/mol. The summed E-state index contributed by atoms with van der Waals surface area (Å²) in [6, 6.07) is 2.44. The molecule has 0 aromatic heterocycles. The second-order valence-electron chi connectivity index (χ2n) is 5.79. The first-order valence-electron chi connectivity index (χ1n) is 7.69. The summed E-state index contributed by atoms with van der Waals surface area (Å²) in [5.41, 5.74) is 1.36. The maximum absolute atomic E-state index is 14.5. The zero-order valence-electron chi connectivity index (χ0n) is 13.4. The van der Waals surface area contributed by atoms with Gasteiger partial charge in [0.1, 0.15) is 11.6 Å². The van der Waals surface area contributed by atoms with Crippen molar-refractivity contribution in [1.82, 2.24) is 0 Å². The Balaban J connectivity index is 2.09. The molecule has 1 heterocycles. The van der Waals surface area contributed by atoms with E-state index in [1.807, 2.05) is 0 Å². The lowest BCUT2D eigenvalue weighted by Crippen LogP contribution is -2.39. The van der Waals surface area contributed by atoms with Crippen molar-refractivity contribution in [3.63, 3.8) is 0 Å². The Bertz CT molecular complexity index is 746. The molecule has 1 aromatic rings. The van der Waals surface area contributed by atoms with Gasteiger partial charge in [0.05, 0.1) is 17.8 Å². The molecule has 0 saturated heterocycles. The van der Waals surface area contributed by atoms with E-state index in [1.54, 1.807) is 0 Å². The SMILES string of the molecule is COc1cc(N2C(=O)C3=C(CCCC3)C2OC(C)=O)c(F)cc1Cl. The fourth-order valence-electron chi connectivity index (χ4n) is 3.23. The van der Waals surface area contributed by atoms with Crippen molar-refractivity contribution in [2.75, 3.05) is 12.0 Å². The molecule has 128 valence electrons. The Morgan fingerprint density at radius 3 is 2.71 bits per heavy atom. The molecular formula is C17H17ClFNO4. The Morgan fingerprint density at radius 1 is 1.33 bits per heavy atom. The van der Waals surface area contributed by atoms with Gasteiger partial charge in [-0.25, -0.2) is 4.39 Å². The van der Waals surface area contributed by atoms with E-state index in [9.17, 15) is 14.0 Å². The number of carbonyl (C=O) groups is 2. The molecule has 1 aliphatic carbocycles.